The number of nitrogens with zero attached hydrogens (tertiary/aromatic N) is 3. The molecule has 0 bridgehead atoms. The summed E-state index contributed by atoms with van der Waals surface area (Å²) in [6.07, 6.45) is 2.92. The molecule has 0 aliphatic heterocycles. The molecule has 1 unspecified atom stereocenters. The average Bonchev–Trinajstić information content (AvgIpc) is 2.81. The second-order valence-corrected chi connectivity index (χ2v) is 5.17. The normalized spacial score (nSPS) is 12.7. The maximum Gasteiger partial charge on any atom is 0.120 e. The Balaban J connectivity index is 2.14. The van der Waals surface area contributed by atoms with Crippen LogP contribution < -0.4 is 10.1 Å². The summed E-state index contributed by atoms with van der Waals surface area (Å²) in [5, 5.41) is 11.4. The lowest BCUT2D eigenvalue weighted by atomic mass is 10.0. The zero-order valence-corrected chi connectivity index (χ0v) is 12.5. The molecule has 0 fully saturated rings. The predicted molar refractivity (Wildman–Crippen MR) is 78.7 cm³/mol. The Morgan fingerprint density at radius 1 is 1.35 bits per heavy atom. The number of rotatable bonds is 6. The minimum Gasteiger partial charge on any atom is -0.491 e. The van der Waals surface area contributed by atoms with E-state index < -0.39 is 0 Å². The monoisotopic (exact) mass is 274 g/mol. The Bertz CT molecular complexity index is 550. The van der Waals surface area contributed by atoms with Gasteiger partial charge in [-0.05, 0) is 38.6 Å². The predicted octanol–water partition coefficient (Wildman–Crippen LogP) is 2.11. The first kappa shape index (κ1) is 14.5. The van der Waals surface area contributed by atoms with E-state index in [1.807, 2.05) is 46.3 Å². The fraction of sp³-hybridized carbons (Fsp3) is 0.467. The van der Waals surface area contributed by atoms with Gasteiger partial charge >= 0.3 is 0 Å². The molecule has 0 aliphatic rings. The van der Waals surface area contributed by atoms with Gasteiger partial charge in [-0.3, -0.25) is 4.68 Å². The highest BCUT2D eigenvalue weighted by Crippen LogP contribution is 2.22. The summed E-state index contributed by atoms with van der Waals surface area (Å²) < 4.78 is 7.47. The Morgan fingerprint density at radius 2 is 2.15 bits per heavy atom. The van der Waals surface area contributed by atoms with Crippen molar-refractivity contribution in [3.63, 3.8) is 0 Å². The summed E-state index contributed by atoms with van der Waals surface area (Å²) in [5.74, 6) is 0.900. The largest absolute Gasteiger partial charge is 0.491 e. The minimum atomic E-state index is 0.179. The standard InChI is InChI=1S/C15H22N4O/c1-11(2)20-14-7-5-6-12(8-14)15(16-3)9-13-10-19(4)18-17-13/h5-8,10-11,15-16H,9H2,1-4H3. The van der Waals surface area contributed by atoms with Gasteiger partial charge in [0.05, 0.1) is 11.8 Å². The number of aryl methyl sites for hydroxylation is 1. The van der Waals surface area contributed by atoms with Crippen molar-refractivity contribution in [1.82, 2.24) is 20.3 Å². The van der Waals surface area contributed by atoms with Gasteiger partial charge in [0.2, 0.25) is 0 Å². The molecule has 5 heteroatoms. The van der Waals surface area contributed by atoms with Crippen LogP contribution in [0.4, 0.5) is 0 Å². The van der Waals surface area contributed by atoms with Crippen LogP contribution in [0.15, 0.2) is 30.5 Å². The fourth-order valence-electron chi connectivity index (χ4n) is 2.16. The topological polar surface area (TPSA) is 52.0 Å². The molecule has 2 rings (SSSR count). The summed E-state index contributed by atoms with van der Waals surface area (Å²) in [5.41, 5.74) is 2.17. The lowest BCUT2D eigenvalue weighted by Gasteiger charge is -2.17. The Morgan fingerprint density at radius 3 is 2.75 bits per heavy atom. The van der Waals surface area contributed by atoms with Gasteiger partial charge in [-0.15, -0.1) is 5.10 Å². The molecule has 0 radical (unpaired) electrons. The molecule has 0 aliphatic carbocycles. The van der Waals surface area contributed by atoms with Gasteiger partial charge in [0.15, 0.2) is 0 Å². The SMILES string of the molecule is CNC(Cc1cn(C)nn1)c1cccc(OC(C)C)c1. The van der Waals surface area contributed by atoms with E-state index in [1.54, 1.807) is 4.68 Å². The van der Waals surface area contributed by atoms with Crippen LogP contribution in [0, 0.1) is 0 Å². The van der Waals surface area contributed by atoms with Crippen molar-refractivity contribution in [1.29, 1.82) is 0 Å². The van der Waals surface area contributed by atoms with Gasteiger partial charge in [-0.25, -0.2) is 0 Å². The van der Waals surface area contributed by atoms with E-state index in [0.717, 1.165) is 17.9 Å². The van der Waals surface area contributed by atoms with Crippen molar-refractivity contribution >= 4 is 0 Å². The lowest BCUT2D eigenvalue weighted by Crippen LogP contribution is -2.19. The molecule has 0 saturated heterocycles. The van der Waals surface area contributed by atoms with E-state index in [4.69, 9.17) is 4.74 Å². The number of aromatic nitrogens is 3. The minimum absolute atomic E-state index is 0.179. The molecular weight excluding hydrogens is 252 g/mol. The molecular formula is C15H22N4O. The second-order valence-electron chi connectivity index (χ2n) is 5.17. The van der Waals surface area contributed by atoms with Crippen molar-refractivity contribution in [2.75, 3.05) is 7.05 Å². The first-order valence-electron chi connectivity index (χ1n) is 6.87. The van der Waals surface area contributed by atoms with Crippen LogP contribution in [0.25, 0.3) is 0 Å². The first-order chi connectivity index (χ1) is 9.58. The maximum absolute atomic E-state index is 5.74. The highest BCUT2D eigenvalue weighted by molar-refractivity contribution is 5.31. The molecule has 20 heavy (non-hydrogen) atoms. The van der Waals surface area contributed by atoms with Gasteiger partial charge in [0.1, 0.15) is 5.75 Å². The number of ether oxygens (including phenoxy) is 1. The number of nitrogens with one attached hydrogen (secondary N) is 1. The van der Waals surface area contributed by atoms with Crippen molar-refractivity contribution in [3.05, 3.63) is 41.7 Å². The van der Waals surface area contributed by atoms with Crippen LogP contribution in [-0.4, -0.2) is 28.1 Å². The van der Waals surface area contributed by atoms with Gasteiger partial charge in [-0.2, -0.15) is 0 Å². The van der Waals surface area contributed by atoms with E-state index in [-0.39, 0.29) is 12.1 Å². The number of hydrogen-bond acceptors (Lipinski definition) is 4. The van der Waals surface area contributed by atoms with Gasteiger partial charge in [0, 0.05) is 25.7 Å². The summed E-state index contributed by atoms with van der Waals surface area (Å²) >= 11 is 0. The number of likely N-dealkylation sites (N-methyl/N-ethyl adjacent to an activating group) is 1. The van der Waals surface area contributed by atoms with Crippen molar-refractivity contribution in [3.8, 4) is 5.75 Å². The van der Waals surface area contributed by atoms with Crippen LogP contribution >= 0.6 is 0 Å². The van der Waals surface area contributed by atoms with Gasteiger partial charge in [-0.1, -0.05) is 17.3 Å². The molecule has 2 aromatic rings. The molecule has 0 spiro atoms. The molecule has 1 aromatic heterocycles. The van der Waals surface area contributed by atoms with E-state index in [1.165, 1.54) is 5.56 Å². The average molecular weight is 274 g/mol. The summed E-state index contributed by atoms with van der Waals surface area (Å²) in [4.78, 5) is 0. The zero-order valence-electron chi connectivity index (χ0n) is 12.5. The first-order valence-corrected chi connectivity index (χ1v) is 6.87. The molecule has 1 N–H and O–H groups in total. The van der Waals surface area contributed by atoms with Crippen LogP contribution in [0.3, 0.4) is 0 Å². The van der Waals surface area contributed by atoms with Gasteiger partial charge in [0.25, 0.3) is 0 Å². The van der Waals surface area contributed by atoms with E-state index in [0.29, 0.717) is 0 Å². The summed E-state index contributed by atoms with van der Waals surface area (Å²) in [6, 6.07) is 8.39. The van der Waals surface area contributed by atoms with Gasteiger partial charge < -0.3 is 10.1 Å². The van der Waals surface area contributed by atoms with E-state index >= 15 is 0 Å². The Hall–Kier alpha value is -1.88. The lowest BCUT2D eigenvalue weighted by molar-refractivity contribution is 0.242. The van der Waals surface area contributed by atoms with Crippen LogP contribution in [0.2, 0.25) is 0 Å². The number of benzene rings is 1. The smallest absolute Gasteiger partial charge is 0.120 e. The van der Waals surface area contributed by atoms with Crippen LogP contribution in [-0.2, 0) is 13.5 Å². The number of hydrogen-bond donors (Lipinski definition) is 1. The molecule has 0 amide bonds. The van der Waals surface area contributed by atoms with Crippen molar-refractivity contribution in [2.45, 2.75) is 32.4 Å². The molecule has 108 valence electrons. The highest BCUT2D eigenvalue weighted by Gasteiger charge is 2.13. The third-order valence-electron chi connectivity index (χ3n) is 3.04. The molecule has 0 saturated carbocycles. The molecule has 1 atom stereocenters. The quantitative estimate of drug-likeness (QED) is 0.876. The van der Waals surface area contributed by atoms with Crippen LogP contribution in [0.1, 0.15) is 31.1 Å². The zero-order chi connectivity index (χ0) is 14.5. The molecule has 1 aromatic carbocycles. The Kier molecular flexibility index (Phi) is 4.74. The molecule has 5 nitrogen and oxygen atoms in total. The second kappa shape index (κ2) is 6.52. The third kappa shape index (κ3) is 3.81. The maximum atomic E-state index is 5.74. The highest BCUT2D eigenvalue weighted by atomic mass is 16.5. The van der Waals surface area contributed by atoms with Crippen molar-refractivity contribution < 1.29 is 4.74 Å². The third-order valence-corrected chi connectivity index (χ3v) is 3.04. The van der Waals surface area contributed by atoms with Crippen LogP contribution in [0.5, 0.6) is 5.75 Å². The Labute approximate surface area is 120 Å². The summed E-state index contributed by atoms with van der Waals surface area (Å²) in [7, 11) is 3.83. The van der Waals surface area contributed by atoms with E-state index in [2.05, 4.69) is 27.8 Å². The van der Waals surface area contributed by atoms with E-state index in [9.17, 15) is 0 Å². The van der Waals surface area contributed by atoms with Crippen molar-refractivity contribution in [2.24, 2.45) is 7.05 Å². The summed E-state index contributed by atoms with van der Waals surface area (Å²) in [6.45, 7) is 4.06. The molecule has 1 heterocycles. The fourth-order valence-corrected chi connectivity index (χ4v) is 2.16.